The molecule has 1 saturated carbocycles. The van der Waals surface area contributed by atoms with E-state index in [4.69, 9.17) is 4.98 Å². The fourth-order valence-corrected chi connectivity index (χ4v) is 4.57. The summed E-state index contributed by atoms with van der Waals surface area (Å²) in [5.41, 5.74) is 4.68. The van der Waals surface area contributed by atoms with E-state index in [9.17, 15) is 5.11 Å². The third kappa shape index (κ3) is 3.75. The molecule has 0 saturated heterocycles. The Morgan fingerprint density at radius 1 is 1.21 bits per heavy atom. The van der Waals surface area contributed by atoms with Crippen LogP contribution in [0.15, 0.2) is 48.2 Å². The molecule has 1 atom stereocenters. The van der Waals surface area contributed by atoms with Crippen molar-refractivity contribution in [2.24, 2.45) is 13.0 Å². The standard InChI is InChI=1S/C22H23N5OS/c1-27-20-8-15(5-6-16(20)10-24-27)18-11-23-12-19(26-18)21-9-17(13-29-21)25-22(28)7-14-3-2-4-14/h5-6,8-14,22,25,28H,2-4,7H2,1H3. The van der Waals surface area contributed by atoms with Gasteiger partial charge in [0.15, 0.2) is 0 Å². The molecule has 1 fully saturated rings. The van der Waals surface area contributed by atoms with Crippen LogP contribution in [0.5, 0.6) is 0 Å². The summed E-state index contributed by atoms with van der Waals surface area (Å²) in [7, 11) is 1.94. The van der Waals surface area contributed by atoms with Crippen LogP contribution in [0.3, 0.4) is 0 Å². The van der Waals surface area contributed by atoms with Gasteiger partial charge in [0.2, 0.25) is 0 Å². The molecule has 5 rings (SSSR count). The highest BCUT2D eigenvalue weighted by Crippen LogP contribution is 2.33. The summed E-state index contributed by atoms with van der Waals surface area (Å²) in [5, 5.41) is 20.9. The van der Waals surface area contributed by atoms with Gasteiger partial charge in [-0.1, -0.05) is 31.4 Å². The van der Waals surface area contributed by atoms with Crippen LogP contribution in [0, 0.1) is 5.92 Å². The molecule has 7 heteroatoms. The zero-order chi connectivity index (χ0) is 19.8. The summed E-state index contributed by atoms with van der Waals surface area (Å²) >= 11 is 1.60. The minimum absolute atomic E-state index is 0.495. The van der Waals surface area contributed by atoms with Gasteiger partial charge in [-0.3, -0.25) is 9.67 Å². The predicted molar refractivity (Wildman–Crippen MR) is 117 cm³/mol. The van der Waals surface area contributed by atoms with Gasteiger partial charge in [-0.25, -0.2) is 4.98 Å². The van der Waals surface area contributed by atoms with E-state index in [1.165, 1.54) is 19.3 Å². The van der Waals surface area contributed by atoms with Gasteiger partial charge in [-0.05, 0) is 24.5 Å². The Kier molecular flexibility index (Phi) is 4.77. The number of nitrogens with zero attached hydrogens (tertiary/aromatic N) is 4. The van der Waals surface area contributed by atoms with Crippen LogP contribution in [0.1, 0.15) is 25.7 Å². The molecular formula is C22H23N5OS. The maximum Gasteiger partial charge on any atom is 0.124 e. The molecule has 0 amide bonds. The quantitative estimate of drug-likeness (QED) is 0.456. The number of aromatic nitrogens is 4. The second kappa shape index (κ2) is 7.57. The minimum atomic E-state index is -0.495. The zero-order valence-corrected chi connectivity index (χ0v) is 17.1. The Bertz CT molecular complexity index is 1150. The molecule has 0 spiro atoms. The van der Waals surface area contributed by atoms with E-state index >= 15 is 0 Å². The summed E-state index contributed by atoms with van der Waals surface area (Å²) in [5.74, 6) is 0.662. The first kappa shape index (κ1) is 18.3. The maximum absolute atomic E-state index is 10.3. The topological polar surface area (TPSA) is 75.9 Å². The lowest BCUT2D eigenvalue weighted by atomic mass is 9.82. The molecule has 4 aromatic rings. The normalized spacial score (nSPS) is 15.4. The van der Waals surface area contributed by atoms with E-state index in [1.807, 2.05) is 29.4 Å². The molecule has 0 radical (unpaired) electrons. The Labute approximate surface area is 173 Å². The third-order valence-corrected chi connectivity index (χ3v) is 6.60. The van der Waals surface area contributed by atoms with Crippen LogP contribution in [0.2, 0.25) is 0 Å². The van der Waals surface area contributed by atoms with Crippen molar-refractivity contribution in [2.45, 2.75) is 31.9 Å². The highest BCUT2D eigenvalue weighted by molar-refractivity contribution is 7.14. The number of anilines is 1. The van der Waals surface area contributed by atoms with Crippen LogP contribution in [0.4, 0.5) is 5.69 Å². The number of aliphatic hydroxyl groups excluding tert-OH is 1. The first-order valence-corrected chi connectivity index (χ1v) is 10.8. The first-order chi connectivity index (χ1) is 14.2. The van der Waals surface area contributed by atoms with Crippen molar-refractivity contribution in [3.63, 3.8) is 0 Å². The number of thiophene rings is 1. The average molecular weight is 406 g/mol. The summed E-state index contributed by atoms with van der Waals surface area (Å²) in [4.78, 5) is 10.3. The van der Waals surface area contributed by atoms with Crippen LogP contribution in [0.25, 0.3) is 32.7 Å². The Morgan fingerprint density at radius 3 is 2.90 bits per heavy atom. The molecule has 1 aliphatic carbocycles. The summed E-state index contributed by atoms with van der Waals surface area (Å²) in [6, 6.07) is 8.24. The number of hydrogen-bond acceptors (Lipinski definition) is 6. The lowest BCUT2D eigenvalue weighted by Crippen LogP contribution is -2.25. The number of benzene rings is 1. The lowest BCUT2D eigenvalue weighted by molar-refractivity contribution is 0.139. The molecular weight excluding hydrogens is 382 g/mol. The fourth-order valence-electron chi connectivity index (χ4n) is 3.77. The van der Waals surface area contributed by atoms with E-state index in [0.29, 0.717) is 5.92 Å². The second-order valence-corrected chi connectivity index (χ2v) is 8.63. The zero-order valence-electron chi connectivity index (χ0n) is 16.2. The van der Waals surface area contributed by atoms with Crippen molar-refractivity contribution in [3.8, 4) is 21.8 Å². The van der Waals surface area contributed by atoms with Crippen molar-refractivity contribution in [1.82, 2.24) is 19.7 Å². The van der Waals surface area contributed by atoms with E-state index in [0.717, 1.165) is 44.8 Å². The van der Waals surface area contributed by atoms with Crippen molar-refractivity contribution in [2.75, 3.05) is 5.32 Å². The molecule has 1 aliphatic rings. The molecule has 0 bridgehead atoms. The van der Waals surface area contributed by atoms with Crippen LogP contribution < -0.4 is 5.32 Å². The smallest absolute Gasteiger partial charge is 0.124 e. The monoisotopic (exact) mass is 405 g/mol. The highest BCUT2D eigenvalue weighted by atomic mass is 32.1. The number of nitrogens with one attached hydrogen (secondary N) is 1. The van der Waals surface area contributed by atoms with Gasteiger partial charge in [0.05, 0.1) is 40.4 Å². The van der Waals surface area contributed by atoms with Crippen molar-refractivity contribution in [1.29, 1.82) is 0 Å². The van der Waals surface area contributed by atoms with E-state index in [1.54, 1.807) is 23.7 Å². The number of aryl methyl sites for hydroxylation is 1. The molecule has 1 unspecified atom stereocenters. The number of fused-ring (bicyclic) bond motifs is 1. The number of aliphatic hydroxyl groups is 1. The summed E-state index contributed by atoms with van der Waals surface area (Å²) < 4.78 is 1.86. The Morgan fingerprint density at radius 2 is 2.07 bits per heavy atom. The number of rotatable bonds is 6. The minimum Gasteiger partial charge on any atom is -0.374 e. The Balaban J connectivity index is 1.36. The molecule has 3 heterocycles. The first-order valence-electron chi connectivity index (χ1n) is 9.93. The molecule has 148 valence electrons. The van der Waals surface area contributed by atoms with Gasteiger partial charge in [0.25, 0.3) is 0 Å². The molecule has 2 N–H and O–H groups in total. The van der Waals surface area contributed by atoms with Crippen LogP contribution >= 0.6 is 11.3 Å². The highest BCUT2D eigenvalue weighted by Gasteiger charge is 2.21. The molecule has 29 heavy (non-hydrogen) atoms. The second-order valence-electron chi connectivity index (χ2n) is 7.72. The summed E-state index contributed by atoms with van der Waals surface area (Å²) in [6.45, 7) is 0. The van der Waals surface area contributed by atoms with E-state index in [2.05, 4.69) is 33.6 Å². The van der Waals surface area contributed by atoms with Gasteiger partial charge >= 0.3 is 0 Å². The third-order valence-electron chi connectivity index (χ3n) is 5.65. The molecule has 1 aromatic carbocycles. The van der Waals surface area contributed by atoms with Crippen molar-refractivity contribution in [3.05, 3.63) is 48.2 Å². The maximum atomic E-state index is 10.3. The van der Waals surface area contributed by atoms with Gasteiger partial charge < -0.3 is 10.4 Å². The Hall–Kier alpha value is -2.77. The molecule has 0 aliphatic heterocycles. The summed E-state index contributed by atoms with van der Waals surface area (Å²) in [6.07, 6.45) is 9.52. The SMILES string of the molecule is Cn1ncc2ccc(-c3cncc(-c4cc(NC(O)CC5CCC5)cs4)n3)cc21. The van der Waals surface area contributed by atoms with Gasteiger partial charge in [0, 0.05) is 29.1 Å². The van der Waals surface area contributed by atoms with E-state index in [-0.39, 0.29) is 0 Å². The fraction of sp³-hybridized carbons (Fsp3) is 0.318. The predicted octanol–water partition coefficient (Wildman–Crippen LogP) is 4.68. The van der Waals surface area contributed by atoms with Crippen LogP contribution in [-0.2, 0) is 7.05 Å². The lowest BCUT2D eigenvalue weighted by Gasteiger charge is -2.27. The average Bonchev–Trinajstić information content (AvgIpc) is 3.32. The van der Waals surface area contributed by atoms with Crippen molar-refractivity contribution >= 4 is 27.9 Å². The van der Waals surface area contributed by atoms with Crippen LogP contribution in [-0.4, -0.2) is 31.1 Å². The molecule has 6 nitrogen and oxygen atoms in total. The largest absolute Gasteiger partial charge is 0.374 e. The number of hydrogen-bond donors (Lipinski definition) is 2. The molecule has 3 aromatic heterocycles. The van der Waals surface area contributed by atoms with Crippen molar-refractivity contribution < 1.29 is 5.11 Å². The van der Waals surface area contributed by atoms with E-state index < -0.39 is 6.23 Å². The van der Waals surface area contributed by atoms with Gasteiger partial charge in [-0.15, -0.1) is 11.3 Å². The van der Waals surface area contributed by atoms with Gasteiger partial charge in [0.1, 0.15) is 6.23 Å². The van der Waals surface area contributed by atoms with Gasteiger partial charge in [-0.2, -0.15) is 5.10 Å².